The van der Waals surface area contributed by atoms with Gasteiger partial charge in [0.15, 0.2) is 0 Å². The molecule has 0 amide bonds. The summed E-state index contributed by atoms with van der Waals surface area (Å²) in [5.41, 5.74) is 0.898. The Morgan fingerprint density at radius 2 is 2.00 bits per heavy atom. The highest BCUT2D eigenvalue weighted by atomic mass is 79.9. The first kappa shape index (κ1) is 13.9. The van der Waals surface area contributed by atoms with Crippen LogP contribution in [0.2, 0.25) is 0 Å². The molecule has 9 heteroatoms. The standard InChI is InChI=1S/C13H11BrN6OS/c14-9-3-1-8(2-4-9)12-16-15-11(21-12)7-22-13-17-18-19-20(13)10-5-6-10/h1-4,10H,5-7H2. The molecular weight excluding hydrogens is 368 g/mol. The predicted octanol–water partition coefficient (Wildman–Crippen LogP) is 3.11. The third-order valence-electron chi connectivity index (χ3n) is 3.24. The van der Waals surface area contributed by atoms with E-state index in [1.165, 1.54) is 11.8 Å². The minimum Gasteiger partial charge on any atom is -0.420 e. The molecule has 0 aliphatic heterocycles. The summed E-state index contributed by atoms with van der Waals surface area (Å²) in [4.78, 5) is 0. The molecule has 0 atom stereocenters. The monoisotopic (exact) mass is 378 g/mol. The third kappa shape index (κ3) is 2.91. The van der Waals surface area contributed by atoms with Crippen molar-refractivity contribution in [3.63, 3.8) is 0 Å². The molecule has 0 spiro atoms. The van der Waals surface area contributed by atoms with E-state index in [-0.39, 0.29) is 0 Å². The molecular formula is C13H11BrN6OS. The summed E-state index contributed by atoms with van der Waals surface area (Å²) in [5.74, 6) is 1.63. The van der Waals surface area contributed by atoms with Gasteiger partial charge in [-0.2, -0.15) is 0 Å². The zero-order valence-corrected chi connectivity index (χ0v) is 13.8. The SMILES string of the molecule is Brc1ccc(-c2nnc(CSc3nnnn3C3CC3)o2)cc1. The van der Waals surface area contributed by atoms with Crippen molar-refractivity contribution < 1.29 is 4.42 Å². The van der Waals surface area contributed by atoms with Crippen molar-refractivity contribution in [2.75, 3.05) is 0 Å². The number of aromatic nitrogens is 6. The van der Waals surface area contributed by atoms with Crippen LogP contribution in [-0.2, 0) is 5.75 Å². The Balaban J connectivity index is 1.45. The van der Waals surface area contributed by atoms with E-state index in [0.717, 1.165) is 28.0 Å². The second-order valence-corrected chi connectivity index (χ2v) is 6.79. The number of hydrogen-bond donors (Lipinski definition) is 0. The molecule has 0 N–H and O–H groups in total. The van der Waals surface area contributed by atoms with E-state index in [9.17, 15) is 0 Å². The normalized spacial score (nSPS) is 14.4. The van der Waals surface area contributed by atoms with Crippen molar-refractivity contribution in [2.45, 2.75) is 29.8 Å². The van der Waals surface area contributed by atoms with Crippen LogP contribution in [0.5, 0.6) is 0 Å². The molecule has 0 unspecified atom stereocenters. The van der Waals surface area contributed by atoms with Crippen LogP contribution in [-0.4, -0.2) is 30.4 Å². The van der Waals surface area contributed by atoms with Crippen molar-refractivity contribution in [1.29, 1.82) is 0 Å². The molecule has 2 heterocycles. The molecule has 2 aromatic heterocycles. The van der Waals surface area contributed by atoms with Crippen LogP contribution in [0.25, 0.3) is 11.5 Å². The number of benzene rings is 1. The number of thioether (sulfide) groups is 1. The summed E-state index contributed by atoms with van der Waals surface area (Å²) in [6.07, 6.45) is 2.29. The summed E-state index contributed by atoms with van der Waals surface area (Å²) in [7, 11) is 0. The molecule has 1 fully saturated rings. The lowest BCUT2D eigenvalue weighted by Gasteiger charge is -1.99. The number of nitrogens with zero attached hydrogens (tertiary/aromatic N) is 6. The van der Waals surface area contributed by atoms with Gasteiger partial charge in [0.05, 0.1) is 11.8 Å². The Morgan fingerprint density at radius 1 is 1.18 bits per heavy atom. The van der Waals surface area contributed by atoms with Crippen molar-refractivity contribution in [3.8, 4) is 11.5 Å². The molecule has 0 saturated heterocycles. The van der Waals surface area contributed by atoms with Gasteiger partial charge in [-0.15, -0.1) is 15.3 Å². The molecule has 1 aliphatic rings. The largest absolute Gasteiger partial charge is 0.420 e. The molecule has 0 radical (unpaired) electrons. The topological polar surface area (TPSA) is 82.5 Å². The maximum Gasteiger partial charge on any atom is 0.247 e. The van der Waals surface area contributed by atoms with Crippen LogP contribution < -0.4 is 0 Å². The zero-order valence-electron chi connectivity index (χ0n) is 11.4. The number of tetrazole rings is 1. The van der Waals surface area contributed by atoms with Crippen LogP contribution in [0.1, 0.15) is 24.8 Å². The summed E-state index contributed by atoms with van der Waals surface area (Å²) in [5, 5.41) is 20.7. The fourth-order valence-electron chi connectivity index (χ4n) is 1.98. The van der Waals surface area contributed by atoms with E-state index in [0.29, 0.717) is 23.6 Å². The fraction of sp³-hybridized carbons (Fsp3) is 0.308. The Labute approximate surface area is 138 Å². The van der Waals surface area contributed by atoms with E-state index in [1.807, 2.05) is 28.9 Å². The third-order valence-corrected chi connectivity index (χ3v) is 4.68. The van der Waals surface area contributed by atoms with Crippen molar-refractivity contribution in [3.05, 3.63) is 34.6 Å². The Bertz CT molecular complexity index is 782. The number of rotatable bonds is 5. The van der Waals surface area contributed by atoms with Crippen molar-refractivity contribution in [2.24, 2.45) is 0 Å². The highest BCUT2D eigenvalue weighted by Gasteiger charge is 2.28. The highest BCUT2D eigenvalue weighted by molar-refractivity contribution is 9.10. The molecule has 1 aliphatic carbocycles. The second kappa shape index (κ2) is 5.81. The molecule has 7 nitrogen and oxygen atoms in total. The van der Waals surface area contributed by atoms with Crippen LogP contribution in [0.4, 0.5) is 0 Å². The Morgan fingerprint density at radius 3 is 2.77 bits per heavy atom. The molecule has 1 saturated carbocycles. The molecule has 3 aromatic rings. The predicted molar refractivity (Wildman–Crippen MR) is 83.1 cm³/mol. The minimum absolute atomic E-state index is 0.457. The zero-order chi connectivity index (χ0) is 14.9. The summed E-state index contributed by atoms with van der Waals surface area (Å²) in [6.45, 7) is 0. The van der Waals surface area contributed by atoms with Gasteiger partial charge < -0.3 is 4.42 Å². The minimum atomic E-state index is 0.457. The molecule has 0 bridgehead atoms. The first-order valence-electron chi connectivity index (χ1n) is 6.78. The Kier molecular flexibility index (Phi) is 3.67. The second-order valence-electron chi connectivity index (χ2n) is 4.93. The van der Waals surface area contributed by atoms with Crippen LogP contribution in [0, 0.1) is 0 Å². The van der Waals surface area contributed by atoms with Gasteiger partial charge in [-0.3, -0.25) is 0 Å². The van der Waals surface area contributed by atoms with Crippen molar-refractivity contribution >= 4 is 27.7 Å². The van der Waals surface area contributed by atoms with Gasteiger partial charge in [-0.1, -0.05) is 27.7 Å². The molecule has 1 aromatic carbocycles. The van der Waals surface area contributed by atoms with Gasteiger partial charge >= 0.3 is 0 Å². The molecule has 112 valence electrons. The molecule has 22 heavy (non-hydrogen) atoms. The fourth-order valence-corrected chi connectivity index (χ4v) is 3.02. The van der Waals surface area contributed by atoms with Crippen molar-refractivity contribution in [1.82, 2.24) is 30.4 Å². The summed E-state index contributed by atoms with van der Waals surface area (Å²) >= 11 is 4.91. The lowest BCUT2D eigenvalue weighted by atomic mass is 10.2. The van der Waals surface area contributed by atoms with E-state index < -0.39 is 0 Å². The van der Waals surface area contributed by atoms with E-state index in [4.69, 9.17) is 4.42 Å². The quantitative estimate of drug-likeness (QED) is 0.630. The van der Waals surface area contributed by atoms with Crippen LogP contribution >= 0.6 is 27.7 Å². The smallest absolute Gasteiger partial charge is 0.247 e. The van der Waals surface area contributed by atoms with Gasteiger partial charge in [0.2, 0.25) is 16.9 Å². The summed E-state index contributed by atoms with van der Waals surface area (Å²) < 4.78 is 8.57. The number of halogens is 1. The lowest BCUT2D eigenvalue weighted by molar-refractivity contribution is 0.527. The first-order valence-corrected chi connectivity index (χ1v) is 8.56. The summed E-state index contributed by atoms with van der Waals surface area (Å²) in [6, 6.07) is 8.21. The van der Waals surface area contributed by atoms with Crippen LogP contribution in [0.3, 0.4) is 0 Å². The van der Waals surface area contributed by atoms with E-state index >= 15 is 0 Å². The molecule has 4 rings (SSSR count). The van der Waals surface area contributed by atoms with Gasteiger partial charge in [-0.25, -0.2) is 4.68 Å². The maximum absolute atomic E-state index is 5.69. The number of hydrogen-bond acceptors (Lipinski definition) is 7. The first-order chi connectivity index (χ1) is 10.8. The average molecular weight is 379 g/mol. The van der Waals surface area contributed by atoms with Gasteiger partial charge in [0.25, 0.3) is 0 Å². The van der Waals surface area contributed by atoms with Crippen LogP contribution in [0.15, 0.2) is 38.3 Å². The highest BCUT2D eigenvalue weighted by Crippen LogP contribution is 2.36. The Hall–Kier alpha value is -1.74. The van der Waals surface area contributed by atoms with Gasteiger partial charge in [0.1, 0.15) is 0 Å². The lowest BCUT2D eigenvalue weighted by Crippen LogP contribution is -1.98. The maximum atomic E-state index is 5.69. The van der Waals surface area contributed by atoms with E-state index in [2.05, 4.69) is 41.7 Å². The average Bonchev–Trinajstić information content (AvgIpc) is 3.09. The van der Waals surface area contributed by atoms with Gasteiger partial charge in [-0.05, 0) is 47.5 Å². The van der Waals surface area contributed by atoms with Gasteiger partial charge in [0, 0.05) is 10.0 Å². The van der Waals surface area contributed by atoms with E-state index in [1.54, 1.807) is 0 Å².